The summed E-state index contributed by atoms with van der Waals surface area (Å²) in [4.78, 5) is 12.9. The van der Waals surface area contributed by atoms with Gasteiger partial charge in [0, 0.05) is 24.4 Å². The Balaban J connectivity index is 1.18. The number of hydrogen-bond acceptors (Lipinski definition) is 4. The molecular weight excluding hydrogens is 376 g/mol. The zero-order valence-electron chi connectivity index (χ0n) is 15.8. The lowest BCUT2D eigenvalue weighted by Gasteiger charge is -2.55. The van der Waals surface area contributed by atoms with Crippen LogP contribution in [0, 0.1) is 23.2 Å². The summed E-state index contributed by atoms with van der Waals surface area (Å²) in [7, 11) is -3.53. The Hall–Kier alpha value is -2.09. The van der Waals surface area contributed by atoms with Gasteiger partial charge in [0.1, 0.15) is 0 Å². The molecule has 2 aromatic rings. The van der Waals surface area contributed by atoms with Gasteiger partial charge in [0.2, 0.25) is 15.9 Å². The number of carbonyl (C=O) groups is 1. The Morgan fingerprint density at radius 3 is 2.50 bits per heavy atom. The van der Waals surface area contributed by atoms with Gasteiger partial charge in [-0.3, -0.25) is 9.52 Å². The van der Waals surface area contributed by atoms with Gasteiger partial charge in [0.15, 0.2) is 0 Å². The standard InChI is InChI=1S/C20H26N4O3S/c25-19(20-11-14-7-15(12-20)9-16(8-14)13-20)21-4-6-28(26,27)23-17-2-5-24-18(10-17)1-3-22-24/h1-3,5,10,14-16,23H,4,6-9,11-13H2,(H,21,25). The Bertz CT molecular complexity index is 978. The zero-order chi connectivity index (χ0) is 19.4. The topological polar surface area (TPSA) is 92.6 Å². The van der Waals surface area contributed by atoms with Crippen molar-refractivity contribution in [3.05, 3.63) is 30.6 Å². The number of nitrogens with one attached hydrogen (secondary N) is 2. The summed E-state index contributed by atoms with van der Waals surface area (Å²) in [6, 6.07) is 5.22. The molecule has 4 aliphatic rings. The van der Waals surface area contributed by atoms with Crippen molar-refractivity contribution >= 4 is 27.1 Å². The van der Waals surface area contributed by atoms with Gasteiger partial charge in [0.05, 0.1) is 17.0 Å². The molecule has 0 radical (unpaired) electrons. The van der Waals surface area contributed by atoms with E-state index in [1.807, 2.05) is 6.07 Å². The molecule has 0 unspecified atom stereocenters. The molecule has 0 spiro atoms. The summed E-state index contributed by atoms with van der Waals surface area (Å²) in [5.41, 5.74) is 1.08. The van der Waals surface area contributed by atoms with E-state index in [0.29, 0.717) is 23.4 Å². The SMILES string of the molecule is O=C(NCCS(=O)(=O)Nc1ccn2nccc2c1)C12CC3CC(CC(C3)C1)C2. The monoisotopic (exact) mass is 402 g/mol. The number of pyridine rings is 1. The lowest BCUT2D eigenvalue weighted by Crippen LogP contribution is -2.54. The van der Waals surface area contributed by atoms with Gasteiger partial charge in [-0.15, -0.1) is 0 Å². The number of aromatic nitrogens is 2. The lowest BCUT2D eigenvalue weighted by atomic mass is 9.49. The van der Waals surface area contributed by atoms with Gasteiger partial charge < -0.3 is 5.32 Å². The molecule has 28 heavy (non-hydrogen) atoms. The molecule has 0 saturated heterocycles. The molecular formula is C20H26N4O3S. The van der Waals surface area contributed by atoms with E-state index in [0.717, 1.165) is 24.8 Å². The highest BCUT2D eigenvalue weighted by Crippen LogP contribution is 2.60. The smallest absolute Gasteiger partial charge is 0.234 e. The van der Waals surface area contributed by atoms with Crippen LogP contribution in [0.15, 0.2) is 30.6 Å². The molecule has 0 atom stereocenters. The number of sulfonamides is 1. The van der Waals surface area contributed by atoms with Crippen molar-refractivity contribution in [3.8, 4) is 0 Å². The number of nitrogens with zero attached hydrogens (tertiary/aromatic N) is 2. The average Bonchev–Trinajstić information content (AvgIpc) is 3.07. The summed E-state index contributed by atoms with van der Waals surface area (Å²) in [6.07, 6.45) is 10.2. The molecule has 4 saturated carbocycles. The zero-order valence-corrected chi connectivity index (χ0v) is 16.6. The number of hydrogen-bond donors (Lipinski definition) is 2. The number of rotatable bonds is 6. The van der Waals surface area contributed by atoms with Crippen LogP contribution in [0.5, 0.6) is 0 Å². The van der Waals surface area contributed by atoms with E-state index in [1.165, 1.54) is 19.3 Å². The van der Waals surface area contributed by atoms with Gasteiger partial charge >= 0.3 is 0 Å². The van der Waals surface area contributed by atoms with Crippen molar-refractivity contribution in [2.45, 2.75) is 38.5 Å². The first-order valence-corrected chi connectivity index (χ1v) is 11.8. The Morgan fingerprint density at radius 2 is 1.82 bits per heavy atom. The van der Waals surface area contributed by atoms with Crippen LogP contribution in [0.3, 0.4) is 0 Å². The van der Waals surface area contributed by atoms with Gasteiger partial charge in [-0.2, -0.15) is 5.10 Å². The minimum absolute atomic E-state index is 0.0717. The third-order valence-corrected chi connectivity index (χ3v) is 8.14. The molecule has 2 N–H and O–H groups in total. The fraction of sp³-hybridized carbons (Fsp3) is 0.600. The maximum Gasteiger partial charge on any atom is 0.234 e. The largest absolute Gasteiger partial charge is 0.355 e. The van der Waals surface area contributed by atoms with Crippen LogP contribution in [0.4, 0.5) is 5.69 Å². The molecule has 2 heterocycles. The van der Waals surface area contributed by atoms with Crippen molar-refractivity contribution in [3.63, 3.8) is 0 Å². The van der Waals surface area contributed by atoms with Crippen LogP contribution in [0.2, 0.25) is 0 Å². The van der Waals surface area contributed by atoms with Crippen LogP contribution in [0.1, 0.15) is 38.5 Å². The Kier molecular flexibility index (Phi) is 4.15. The van der Waals surface area contributed by atoms with Crippen molar-refractivity contribution in [2.24, 2.45) is 23.2 Å². The number of carbonyl (C=O) groups excluding carboxylic acids is 1. The minimum Gasteiger partial charge on any atom is -0.355 e. The maximum atomic E-state index is 12.9. The van der Waals surface area contributed by atoms with Gasteiger partial charge in [-0.05, 0) is 74.5 Å². The second-order valence-corrected chi connectivity index (χ2v) is 10.8. The molecule has 1 amide bonds. The first-order chi connectivity index (χ1) is 13.4. The van der Waals surface area contributed by atoms with E-state index in [-0.39, 0.29) is 23.6 Å². The molecule has 7 nitrogen and oxygen atoms in total. The second kappa shape index (κ2) is 6.47. The lowest BCUT2D eigenvalue weighted by molar-refractivity contribution is -0.146. The first kappa shape index (κ1) is 18.0. The van der Waals surface area contributed by atoms with Crippen molar-refractivity contribution in [1.29, 1.82) is 0 Å². The summed E-state index contributed by atoms with van der Waals surface area (Å²) in [5.74, 6) is 2.03. The number of fused-ring (bicyclic) bond motifs is 1. The highest BCUT2D eigenvalue weighted by molar-refractivity contribution is 7.92. The molecule has 4 bridgehead atoms. The van der Waals surface area contributed by atoms with E-state index in [2.05, 4.69) is 15.1 Å². The van der Waals surface area contributed by atoms with Crippen molar-refractivity contribution in [1.82, 2.24) is 14.9 Å². The van der Waals surface area contributed by atoms with Crippen molar-refractivity contribution < 1.29 is 13.2 Å². The molecule has 8 heteroatoms. The Morgan fingerprint density at radius 1 is 1.14 bits per heavy atom. The van der Waals surface area contributed by atoms with E-state index in [9.17, 15) is 13.2 Å². The van der Waals surface area contributed by atoms with Crippen LogP contribution >= 0.6 is 0 Å². The molecule has 4 aliphatic carbocycles. The van der Waals surface area contributed by atoms with Crippen LogP contribution < -0.4 is 10.0 Å². The summed E-state index contributed by atoms with van der Waals surface area (Å²) in [5, 5.41) is 7.03. The quantitative estimate of drug-likeness (QED) is 0.776. The summed E-state index contributed by atoms with van der Waals surface area (Å²) >= 11 is 0. The average molecular weight is 403 g/mol. The summed E-state index contributed by atoms with van der Waals surface area (Å²) in [6.45, 7) is 0.144. The minimum atomic E-state index is -3.53. The second-order valence-electron chi connectivity index (χ2n) is 8.99. The van der Waals surface area contributed by atoms with E-state index in [4.69, 9.17) is 0 Å². The van der Waals surface area contributed by atoms with Crippen LogP contribution in [0.25, 0.3) is 5.52 Å². The molecule has 0 aromatic carbocycles. The highest BCUT2D eigenvalue weighted by Gasteiger charge is 2.54. The van der Waals surface area contributed by atoms with Gasteiger partial charge in [-0.25, -0.2) is 12.9 Å². The van der Waals surface area contributed by atoms with Gasteiger partial charge in [-0.1, -0.05) is 0 Å². The molecule has 4 fully saturated rings. The molecule has 150 valence electrons. The predicted octanol–water partition coefficient (Wildman–Crippen LogP) is 2.41. The van der Waals surface area contributed by atoms with E-state index >= 15 is 0 Å². The van der Waals surface area contributed by atoms with Crippen LogP contribution in [-0.2, 0) is 14.8 Å². The third-order valence-electron chi connectivity index (χ3n) is 6.85. The number of anilines is 1. The molecule has 6 rings (SSSR count). The highest BCUT2D eigenvalue weighted by atomic mass is 32.2. The Labute approximate surface area is 164 Å². The fourth-order valence-electron chi connectivity index (χ4n) is 6.09. The van der Waals surface area contributed by atoms with Gasteiger partial charge in [0.25, 0.3) is 0 Å². The van der Waals surface area contributed by atoms with Crippen LogP contribution in [-0.4, -0.2) is 36.2 Å². The predicted molar refractivity (Wildman–Crippen MR) is 106 cm³/mol. The van der Waals surface area contributed by atoms with E-state index in [1.54, 1.807) is 29.0 Å². The van der Waals surface area contributed by atoms with Crippen molar-refractivity contribution in [2.75, 3.05) is 17.0 Å². The summed E-state index contributed by atoms with van der Waals surface area (Å²) < 4.78 is 29.1. The normalized spacial score (nSPS) is 31.2. The number of amides is 1. The third kappa shape index (κ3) is 3.27. The maximum absolute atomic E-state index is 12.9. The fourth-order valence-corrected chi connectivity index (χ4v) is 7.05. The molecule has 0 aliphatic heterocycles. The first-order valence-electron chi connectivity index (χ1n) is 10.1. The van der Waals surface area contributed by atoms with E-state index < -0.39 is 10.0 Å². The molecule has 2 aromatic heterocycles.